The van der Waals surface area contributed by atoms with Gasteiger partial charge in [0.15, 0.2) is 0 Å². The van der Waals surface area contributed by atoms with Crippen molar-refractivity contribution in [3.8, 4) is 6.07 Å². The fraction of sp³-hybridized carbons (Fsp3) is 0.560. The maximum Gasteiger partial charge on any atom is 0.224 e. The van der Waals surface area contributed by atoms with Gasteiger partial charge >= 0.3 is 0 Å². The van der Waals surface area contributed by atoms with Crippen LogP contribution in [0.2, 0.25) is 0 Å². The minimum absolute atomic E-state index is 0.346. The zero-order chi connectivity index (χ0) is 22.3. The van der Waals surface area contributed by atoms with Gasteiger partial charge in [0.2, 0.25) is 5.95 Å². The van der Waals surface area contributed by atoms with Crippen molar-refractivity contribution in [2.24, 2.45) is 29.1 Å². The van der Waals surface area contributed by atoms with Gasteiger partial charge in [-0.2, -0.15) is 10.2 Å². The number of nitrogens with one attached hydrogen (secondary N) is 2. The van der Waals surface area contributed by atoms with Crippen molar-refractivity contribution in [1.29, 1.82) is 5.26 Å². The first kappa shape index (κ1) is 21.4. The minimum atomic E-state index is -1.06. The van der Waals surface area contributed by atoms with Gasteiger partial charge < -0.3 is 10.6 Å². The number of hydrogen-bond acceptors (Lipinski definition) is 6. The van der Waals surface area contributed by atoms with Gasteiger partial charge in [0.25, 0.3) is 0 Å². The lowest BCUT2D eigenvalue weighted by molar-refractivity contribution is -0.0822. The van der Waals surface area contributed by atoms with Crippen LogP contribution in [0.3, 0.4) is 0 Å². The molecule has 4 aliphatic rings. The summed E-state index contributed by atoms with van der Waals surface area (Å²) in [6.07, 6.45) is 10.0. The third-order valence-electron chi connectivity index (χ3n) is 8.13. The van der Waals surface area contributed by atoms with E-state index in [1.54, 1.807) is 12.5 Å². The van der Waals surface area contributed by atoms with Gasteiger partial charge in [-0.3, -0.25) is 4.21 Å². The highest BCUT2D eigenvalue weighted by atomic mass is 32.2. The van der Waals surface area contributed by atoms with E-state index in [0.29, 0.717) is 29.3 Å². The molecule has 7 heteroatoms. The van der Waals surface area contributed by atoms with E-state index < -0.39 is 10.8 Å². The van der Waals surface area contributed by atoms with Crippen LogP contribution in [-0.2, 0) is 17.3 Å². The van der Waals surface area contributed by atoms with E-state index in [9.17, 15) is 9.47 Å². The highest BCUT2D eigenvalue weighted by Gasteiger charge is 2.53. The molecule has 0 aliphatic heterocycles. The highest BCUT2D eigenvalue weighted by Crippen LogP contribution is 2.62. The van der Waals surface area contributed by atoms with Crippen LogP contribution < -0.4 is 10.6 Å². The predicted octanol–water partition coefficient (Wildman–Crippen LogP) is 4.57. The van der Waals surface area contributed by atoms with Crippen molar-refractivity contribution >= 4 is 22.6 Å². The molecular formula is C25H31N5OS. The summed E-state index contributed by atoms with van der Waals surface area (Å²) in [5.74, 6) is 4.57. The monoisotopic (exact) mass is 449 g/mol. The summed E-state index contributed by atoms with van der Waals surface area (Å²) in [4.78, 5) is 9.77. The van der Waals surface area contributed by atoms with E-state index in [0.717, 1.165) is 40.7 Å². The molecule has 168 valence electrons. The van der Waals surface area contributed by atoms with E-state index >= 15 is 0 Å². The molecule has 2 aromatic rings. The Balaban J connectivity index is 1.29. The predicted molar refractivity (Wildman–Crippen MR) is 126 cm³/mol. The number of anilines is 2. The van der Waals surface area contributed by atoms with Crippen LogP contribution in [0.15, 0.2) is 35.4 Å². The van der Waals surface area contributed by atoms with Gasteiger partial charge in [0.05, 0.1) is 17.0 Å². The summed E-state index contributed by atoms with van der Waals surface area (Å²) < 4.78 is 12.0. The summed E-state index contributed by atoms with van der Waals surface area (Å²) >= 11 is 0. The Hall–Kier alpha value is -2.46. The first-order valence-electron chi connectivity index (χ1n) is 11.6. The number of nitriles is 1. The molecule has 1 aromatic carbocycles. The van der Waals surface area contributed by atoms with Crippen LogP contribution in [0.1, 0.15) is 50.2 Å². The molecule has 4 saturated carbocycles. The lowest BCUT2D eigenvalue weighted by Gasteiger charge is -2.59. The first-order chi connectivity index (χ1) is 15.5. The number of aromatic nitrogens is 2. The fourth-order valence-corrected chi connectivity index (χ4v) is 7.50. The summed E-state index contributed by atoms with van der Waals surface area (Å²) in [7, 11) is -1.06. The molecule has 0 radical (unpaired) electrons. The normalized spacial score (nSPS) is 31.2. The minimum Gasteiger partial charge on any atom is -0.368 e. The molecule has 6 nitrogen and oxygen atoms in total. The first-order valence-corrected chi connectivity index (χ1v) is 13.2. The Kier molecular flexibility index (Phi) is 5.66. The molecule has 4 unspecified atom stereocenters. The van der Waals surface area contributed by atoms with Crippen molar-refractivity contribution < 1.29 is 4.21 Å². The summed E-state index contributed by atoms with van der Waals surface area (Å²) in [5, 5.41) is 16.4. The van der Waals surface area contributed by atoms with Gasteiger partial charge in [-0.1, -0.05) is 25.1 Å². The van der Waals surface area contributed by atoms with Gasteiger partial charge in [0.1, 0.15) is 17.5 Å². The Labute approximate surface area is 192 Å². The molecule has 1 aromatic heterocycles. The molecule has 32 heavy (non-hydrogen) atoms. The summed E-state index contributed by atoms with van der Waals surface area (Å²) in [6, 6.07) is 9.90. The third-order valence-corrected chi connectivity index (χ3v) is 9.15. The second-order valence-corrected chi connectivity index (χ2v) is 11.5. The van der Waals surface area contributed by atoms with Crippen molar-refractivity contribution in [3.05, 3.63) is 41.6 Å². The van der Waals surface area contributed by atoms with Crippen molar-refractivity contribution in [2.75, 3.05) is 23.4 Å². The van der Waals surface area contributed by atoms with E-state index in [-0.39, 0.29) is 0 Å². The molecule has 1 heterocycles. The molecule has 4 bridgehead atoms. The smallest absolute Gasteiger partial charge is 0.224 e. The van der Waals surface area contributed by atoms with Crippen LogP contribution in [-0.4, -0.2) is 27.0 Å². The molecule has 6 rings (SSSR count). The molecule has 0 saturated heterocycles. The maximum absolute atomic E-state index is 12.0. The van der Waals surface area contributed by atoms with Crippen LogP contribution >= 0.6 is 0 Å². The van der Waals surface area contributed by atoms with E-state index in [1.807, 2.05) is 24.3 Å². The lowest BCUT2D eigenvalue weighted by Crippen LogP contribution is -2.52. The number of rotatable bonds is 7. The zero-order valence-electron chi connectivity index (χ0n) is 18.8. The number of benzene rings is 1. The Morgan fingerprint density at radius 2 is 1.94 bits per heavy atom. The van der Waals surface area contributed by atoms with E-state index in [4.69, 9.17) is 0 Å². The third kappa shape index (κ3) is 4.01. The van der Waals surface area contributed by atoms with E-state index in [1.165, 1.54) is 32.1 Å². The van der Waals surface area contributed by atoms with Crippen LogP contribution in [0.4, 0.5) is 11.8 Å². The second kappa shape index (κ2) is 8.47. The largest absolute Gasteiger partial charge is 0.368 e. The Morgan fingerprint density at radius 1 is 1.19 bits per heavy atom. The topological polar surface area (TPSA) is 90.7 Å². The Morgan fingerprint density at radius 3 is 2.66 bits per heavy atom. The average molecular weight is 450 g/mol. The highest BCUT2D eigenvalue weighted by molar-refractivity contribution is 7.84. The maximum atomic E-state index is 12.0. The summed E-state index contributed by atoms with van der Waals surface area (Å²) in [6.45, 7) is 3.82. The molecule has 0 spiro atoms. The standard InChI is InChI=1S/C25H31N5OS/c1-16-19-7-17-8-20(16)11-25(9-17,10-19)15-29-23-21(12-26)14-28-24(30-23)27-13-18-5-3-4-6-22(18)32(2)31/h3-6,14,16-17,19-20H,7-11,13,15H2,1-2H3,(H2,27,28,29,30)/t16?,17?,19-,20+,25?,32?. The molecular weight excluding hydrogens is 418 g/mol. The zero-order valence-corrected chi connectivity index (χ0v) is 19.6. The van der Waals surface area contributed by atoms with Crippen LogP contribution in [0.25, 0.3) is 0 Å². The van der Waals surface area contributed by atoms with Crippen molar-refractivity contribution in [1.82, 2.24) is 9.97 Å². The SMILES string of the molecule is CC1[C@@H]2CC3C[C@H]1CC(CNc1nc(NCc4ccccc4S(C)=O)ncc1C#N)(C3)C2. The quantitative estimate of drug-likeness (QED) is 0.643. The number of nitrogens with zero attached hydrogens (tertiary/aromatic N) is 3. The lowest BCUT2D eigenvalue weighted by atomic mass is 9.46. The van der Waals surface area contributed by atoms with Crippen molar-refractivity contribution in [2.45, 2.75) is 50.5 Å². The van der Waals surface area contributed by atoms with Crippen LogP contribution in [0.5, 0.6) is 0 Å². The van der Waals surface area contributed by atoms with Gasteiger partial charge in [0, 0.05) is 24.2 Å². The van der Waals surface area contributed by atoms with Gasteiger partial charge in [-0.25, -0.2) is 4.98 Å². The number of hydrogen-bond donors (Lipinski definition) is 2. The Bertz CT molecular complexity index is 1060. The average Bonchev–Trinajstić information content (AvgIpc) is 2.79. The van der Waals surface area contributed by atoms with Gasteiger partial charge in [-0.15, -0.1) is 0 Å². The van der Waals surface area contributed by atoms with Gasteiger partial charge in [-0.05, 0) is 72.8 Å². The van der Waals surface area contributed by atoms with Crippen LogP contribution in [0, 0.1) is 40.4 Å². The fourth-order valence-electron chi connectivity index (χ4n) is 6.72. The van der Waals surface area contributed by atoms with Crippen molar-refractivity contribution in [3.63, 3.8) is 0 Å². The molecule has 2 N–H and O–H groups in total. The molecule has 0 amide bonds. The van der Waals surface area contributed by atoms with E-state index in [2.05, 4.69) is 33.6 Å². The molecule has 4 aliphatic carbocycles. The molecule has 6 atom stereocenters. The molecule has 4 fully saturated rings. The second-order valence-electron chi connectivity index (χ2n) is 10.2. The summed E-state index contributed by atoms with van der Waals surface area (Å²) in [5.41, 5.74) is 1.78.